The number of nitrogens with zero attached hydrogens (tertiary/aromatic N) is 3. The van der Waals surface area contributed by atoms with Crippen LogP contribution in [0.1, 0.15) is 28.7 Å². The first-order valence-electron chi connectivity index (χ1n) is 7.73. The van der Waals surface area contributed by atoms with E-state index in [2.05, 4.69) is 10.00 Å². The average Bonchev–Trinajstić information content (AvgIpc) is 2.99. The Hall–Kier alpha value is -2.50. The number of esters is 1. The van der Waals surface area contributed by atoms with E-state index in [1.54, 1.807) is 7.11 Å². The summed E-state index contributed by atoms with van der Waals surface area (Å²) < 4.78 is 12.0. The van der Waals surface area contributed by atoms with Gasteiger partial charge >= 0.3 is 5.97 Å². The van der Waals surface area contributed by atoms with Crippen molar-refractivity contribution in [1.82, 2.24) is 9.78 Å². The van der Waals surface area contributed by atoms with Crippen LogP contribution in [0.25, 0.3) is 0 Å². The number of aryl methyl sites for hydroxylation is 1. The van der Waals surface area contributed by atoms with Crippen LogP contribution < -0.4 is 9.64 Å². The van der Waals surface area contributed by atoms with E-state index in [9.17, 15) is 4.79 Å². The van der Waals surface area contributed by atoms with Gasteiger partial charge < -0.3 is 14.4 Å². The molecule has 6 heteroatoms. The molecule has 0 aliphatic carbocycles. The van der Waals surface area contributed by atoms with Gasteiger partial charge in [-0.15, -0.1) is 0 Å². The normalized spacial score (nSPS) is 13.6. The molecule has 1 aromatic carbocycles. The lowest BCUT2D eigenvalue weighted by Gasteiger charge is -2.29. The highest BCUT2D eigenvalue weighted by molar-refractivity contribution is 5.89. The Bertz CT molecular complexity index is 707. The van der Waals surface area contributed by atoms with Crippen molar-refractivity contribution >= 4 is 11.7 Å². The minimum Gasteiger partial charge on any atom is -0.497 e. The van der Waals surface area contributed by atoms with Crippen molar-refractivity contribution in [3.8, 4) is 5.75 Å². The molecule has 1 aliphatic heterocycles. The van der Waals surface area contributed by atoms with Crippen LogP contribution in [0.4, 0.5) is 5.69 Å². The molecule has 0 N–H and O–H groups in total. The van der Waals surface area contributed by atoms with Crippen molar-refractivity contribution in [1.29, 1.82) is 0 Å². The molecule has 0 bridgehead atoms. The Balaban J connectivity index is 1.92. The summed E-state index contributed by atoms with van der Waals surface area (Å²) in [4.78, 5) is 14.3. The van der Waals surface area contributed by atoms with Gasteiger partial charge in [0.25, 0.3) is 0 Å². The minimum absolute atomic E-state index is 0.370. The molecular formula is C17H21N3O3. The molecule has 0 saturated heterocycles. The number of aromatic nitrogens is 2. The number of ether oxygens (including phenoxy) is 2. The molecule has 2 heterocycles. The molecule has 1 aromatic heterocycles. The second-order valence-electron chi connectivity index (χ2n) is 5.45. The topological polar surface area (TPSA) is 56.6 Å². The first kappa shape index (κ1) is 15.4. The van der Waals surface area contributed by atoms with Crippen LogP contribution in [0.3, 0.4) is 0 Å². The van der Waals surface area contributed by atoms with Crippen LogP contribution in [-0.4, -0.2) is 36.5 Å². The van der Waals surface area contributed by atoms with E-state index in [-0.39, 0.29) is 5.97 Å². The Morgan fingerprint density at radius 3 is 2.61 bits per heavy atom. The van der Waals surface area contributed by atoms with Crippen LogP contribution >= 0.6 is 0 Å². The fourth-order valence-electron chi connectivity index (χ4n) is 3.03. The predicted molar refractivity (Wildman–Crippen MR) is 87.0 cm³/mol. The van der Waals surface area contributed by atoms with E-state index in [0.29, 0.717) is 12.2 Å². The summed E-state index contributed by atoms with van der Waals surface area (Å²) in [6.07, 6.45) is 0.860. The maximum atomic E-state index is 12.0. The molecule has 23 heavy (non-hydrogen) atoms. The molecule has 0 fully saturated rings. The monoisotopic (exact) mass is 315 g/mol. The molecule has 0 radical (unpaired) electrons. The molecule has 0 unspecified atom stereocenters. The quantitative estimate of drug-likeness (QED) is 0.810. The Labute approximate surface area is 135 Å². The molecule has 1 aliphatic rings. The lowest BCUT2D eigenvalue weighted by atomic mass is 10.0. The van der Waals surface area contributed by atoms with Crippen molar-refractivity contribution in [3.63, 3.8) is 0 Å². The first-order valence-corrected chi connectivity index (χ1v) is 7.73. The Kier molecular flexibility index (Phi) is 4.23. The van der Waals surface area contributed by atoms with E-state index in [1.807, 2.05) is 35.9 Å². The van der Waals surface area contributed by atoms with Gasteiger partial charge in [-0.05, 0) is 31.2 Å². The Morgan fingerprint density at radius 2 is 2.00 bits per heavy atom. The smallest absolute Gasteiger partial charge is 0.358 e. The van der Waals surface area contributed by atoms with Crippen molar-refractivity contribution in [2.45, 2.75) is 26.4 Å². The molecule has 122 valence electrons. The maximum Gasteiger partial charge on any atom is 0.358 e. The summed E-state index contributed by atoms with van der Waals surface area (Å²) in [6.45, 7) is 4.34. The van der Waals surface area contributed by atoms with Crippen LogP contribution in [0.15, 0.2) is 24.3 Å². The van der Waals surface area contributed by atoms with Gasteiger partial charge in [0.15, 0.2) is 5.69 Å². The molecule has 2 aromatic rings. The fourth-order valence-corrected chi connectivity index (χ4v) is 3.03. The van der Waals surface area contributed by atoms with E-state index in [1.165, 1.54) is 7.11 Å². The second kappa shape index (κ2) is 6.32. The molecule has 6 nitrogen and oxygen atoms in total. The van der Waals surface area contributed by atoms with Crippen molar-refractivity contribution in [2.24, 2.45) is 0 Å². The van der Waals surface area contributed by atoms with E-state index >= 15 is 0 Å². The van der Waals surface area contributed by atoms with E-state index in [0.717, 1.165) is 42.2 Å². The van der Waals surface area contributed by atoms with Gasteiger partial charge in [-0.3, -0.25) is 4.68 Å². The van der Waals surface area contributed by atoms with Crippen LogP contribution in [-0.2, 0) is 24.2 Å². The van der Waals surface area contributed by atoms with Gasteiger partial charge in [0, 0.05) is 43.0 Å². The maximum absolute atomic E-state index is 12.0. The molecule has 0 amide bonds. The molecule has 0 atom stereocenters. The number of benzene rings is 1. The summed E-state index contributed by atoms with van der Waals surface area (Å²) in [5.74, 6) is 0.463. The predicted octanol–water partition coefficient (Wildman–Crippen LogP) is 2.26. The zero-order chi connectivity index (χ0) is 16.4. The van der Waals surface area contributed by atoms with Crippen molar-refractivity contribution in [3.05, 3.63) is 41.2 Å². The highest BCUT2D eigenvalue weighted by atomic mass is 16.5. The number of methoxy groups -OCH3 is 2. The zero-order valence-electron chi connectivity index (χ0n) is 13.7. The lowest BCUT2D eigenvalue weighted by Crippen LogP contribution is -2.31. The van der Waals surface area contributed by atoms with Gasteiger partial charge in [-0.2, -0.15) is 5.10 Å². The van der Waals surface area contributed by atoms with E-state index in [4.69, 9.17) is 9.47 Å². The summed E-state index contributed by atoms with van der Waals surface area (Å²) >= 11 is 0. The van der Waals surface area contributed by atoms with Crippen LogP contribution in [0, 0.1) is 0 Å². The lowest BCUT2D eigenvalue weighted by molar-refractivity contribution is 0.0591. The molecule has 0 saturated carbocycles. The fraction of sp³-hybridized carbons (Fsp3) is 0.412. The summed E-state index contributed by atoms with van der Waals surface area (Å²) in [7, 11) is 3.05. The second-order valence-corrected chi connectivity index (χ2v) is 5.45. The summed E-state index contributed by atoms with van der Waals surface area (Å²) in [6, 6.07) is 7.96. The third kappa shape index (κ3) is 2.76. The van der Waals surface area contributed by atoms with E-state index < -0.39 is 0 Å². The van der Waals surface area contributed by atoms with Gasteiger partial charge in [0.2, 0.25) is 0 Å². The first-order chi connectivity index (χ1) is 11.2. The van der Waals surface area contributed by atoms with Gasteiger partial charge in [0.1, 0.15) is 5.75 Å². The largest absolute Gasteiger partial charge is 0.497 e. The van der Waals surface area contributed by atoms with Crippen molar-refractivity contribution in [2.75, 3.05) is 25.7 Å². The number of carbonyl (C=O) groups excluding carboxylic acids is 1. The average molecular weight is 315 g/mol. The number of rotatable bonds is 4. The molecular weight excluding hydrogens is 294 g/mol. The third-order valence-corrected chi connectivity index (χ3v) is 4.25. The van der Waals surface area contributed by atoms with Crippen LogP contribution in [0.5, 0.6) is 5.75 Å². The number of fused-ring (bicyclic) bond motifs is 1. The standard InChI is InChI=1S/C17H21N3O3/c1-4-20-15-9-10-19(12-5-7-13(22-2)8-6-12)11-14(15)16(18-20)17(21)23-3/h5-8H,4,9-11H2,1-3H3. The Morgan fingerprint density at radius 1 is 1.26 bits per heavy atom. The molecule has 0 spiro atoms. The SMILES string of the molecule is CCn1nc(C(=O)OC)c2c1CCN(c1ccc(OC)cc1)C2. The minimum atomic E-state index is -0.370. The summed E-state index contributed by atoms with van der Waals surface area (Å²) in [5, 5.41) is 4.43. The van der Waals surface area contributed by atoms with Gasteiger partial charge in [-0.25, -0.2) is 4.79 Å². The third-order valence-electron chi connectivity index (χ3n) is 4.25. The van der Waals surface area contributed by atoms with Crippen LogP contribution in [0.2, 0.25) is 0 Å². The molecule has 3 rings (SSSR count). The zero-order valence-corrected chi connectivity index (χ0v) is 13.7. The number of hydrogen-bond donors (Lipinski definition) is 0. The van der Waals surface area contributed by atoms with Crippen molar-refractivity contribution < 1.29 is 14.3 Å². The van der Waals surface area contributed by atoms with Gasteiger partial charge in [0.05, 0.1) is 14.2 Å². The number of anilines is 1. The highest BCUT2D eigenvalue weighted by Crippen LogP contribution is 2.28. The highest BCUT2D eigenvalue weighted by Gasteiger charge is 2.28. The number of carbonyl (C=O) groups is 1. The number of hydrogen-bond acceptors (Lipinski definition) is 5. The van der Waals surface area contributed by atoms with Gasteiger partial charge in [-0.1, -0.05) is 0 Å². The summed E-state index contributed by atoms with van der Waals surface area (Å²) in [5.41, 5.74) is 3.65.